The second-order valence-corrected chi connectivity index (χ2v) is 10.7. The summed E-state index contributed by atoms with van der Waals surface area (Å²) in [6, 6.07) is 8.32. The third-order valence-electron chi connectivity index (χ3n) is 5.71. The van der Waals surface area contributed by atoms with Crippen LogP contribution in [0.2, 0.25) is 0 Å². The van der Waals surface area contributed by atoms with Crippen molar-refractivity contribution in [2.75, 3.05) is 18.4 Å². The van der Waals surface area contributed by atoms with Crippen molar-refractivity contribution < 1.29 is 13.2 Å². The van der Waals surface area contributed by atoms with Crippen LogP contribution in [-0.2, 0) is 10.0 Å². The van der Waals surface area contributed by atoms with Gasteiger partial charge in [0, 0.05) is 30.5 Å². The molecule has 1 fully saturated rings. The van der Waals surface area contributed by atoms with E-state index in [-0.39, 0.29) is 22.8 Å². The molecule has 0 saturated carbocycles. The van der Waals surface area contributed by atoms with Crippen LogP contribution in [0.1, 0.15) is 68.5 Å². The van der Waals surface area contributed by atoms with Gasteiger partial charge < -0.3 is 5.32 Å². The molecule has 1 aliphatic rings. The number of nitrogens with one attached hydrogen (secondary N) is 1. The highest BCUT2D eigenvalue weighted by Crippen LogP contribution is 2.27. The number of aromatic nitrogens is 3. The minimum absolute atomic E-state index is 0.103. The van der Waals surface area contributed by atoms with E-state index in [0.717, 1.165) is 18.5 Å². The van der Waals surface area contributed by atoms with Crippen LogP contribution in [0.3, 0.4) is 0 Å². The third-order valence-corrected chi connectivity index (χ3v) is 7.60. The summed E-state index contributed by atoms with van der Waals surface area (Å²) in [6.45, 7) is 9.15. The molecule has 0 radical (unpaired) electrons. The number of nitrogens with zero attached hydrogens (tertiary/aromatic N) is 4. The zero-order valence-corrected chi connectivity index (χ0v) is 19.7. The first-order valence-corrected chi connectivity index (χ1v) is 12.4. The molecular weight excluding hydrogens is 426 g/mol. The Hall–Kier alpha value is -2.78. The number of anilines is 1. The van der Waals surface area contributed by atoms with Gasteiger partial charge in [0.25, 0.3) is 5.91 Å². The Balaban J connectivity index is 1.69. The van der Waals surface area contributed by atoms with E-state index < -0.39 is 10.0 Å². The fraction of sp³-hybridized carbons (Fsp3) is 0.435. The molecule has 4 rings (SSSR count). The molecule has 0 spiro atoms. The maximum absolute atomic E-state index is 13.3. The number of sulfonamides is 1. The van der Waals surface area contributed by atoms with Gasteiger partial charge in [-0.2, -0.15) is 9.40 Å². The molecule has 3 aromatic rings. The molecule has 9 heteroatoms. The maximum Gasteiger partial charge on any atom is 0.256 e. The van der Waals surface area contributed by atoms with E-state index in [1.54, 1.807) is 35.1 Å². The van der Waals surface area contributed by atoms with Crippen LogP contribution in [0, 0.1) is 0 Å². The van der Waals surface area contributed by atoms with Crippen molar-refractivity contribution >= 4 is 32.7 Å². The smallest absolute Gasteiger partial charge is 0.256 e. The van der Waals surface area contributed by atoms with Crippen molar-refractivity contribution in [2.45, 2.75) is 57.4 Å². The van der Waals surface area contributed by atoms with E-state index in [0.29, 0.717) is 35.4 Å². The average Bonchev–Trinajstić information content (AvgIpc) is 3.43. The zero-order chi connectivity index (χ0) is 23.0. The molecule has 1 amide bonds. The number of amides is 1. The van der Waals surface area contributed by atoms with Crippen molar-refractivity contribution in [1.29, 1.82) is 0 Å². The molecule has 8 nitrogen and oxygen atoms in total. The van der Waals surface area contributed by atoms with Gasteiger partial charge in [-0.25, -0.2) is 18.1 Å². The van der Waals surface area contributed by atoms with Crippen molar-refractivity contribution in [3.8, 4) is 0 Å². The first-order valence-electron chi connectivity index (χ1n) is 11.0. The molecular formula is C23H29N5O3S. The minimum atomic E-state index is -3.56. The molecule has 0 aliphatic carbocycles. The average molecular weight is 456 g/mol. The summed E-state index contributed by atoms with van der Waals surface area (Å²) in [4.78, 5) is 18.2. The topological polar surface area (TPSA) is 97.2 Å². The molecule has 2 aromatic heterocycles. The molecule has 32 heavy (non-hydrogen) atoms. The third kappa shape index (κ3) is 4.14. The Labute approximate surface area is 188 Å². The van der Waals surface area contributed by atoms with Gasteiger partial charge in [-0.05, 0) is 56.9 Å². The number of carbonyl (C=O) groups excluding carboxylic acids is 1. The molecule has 1 aromatic carbocycles. The van der Waals surface area contributed by atoms with E-state index in [2.05, 4.69) is 10.4 Å². The summed E-state index contributed by atoms with van der Waals surface area (Å²) < 4.78 is 29.1. The lowest BCUT2D eigenvalue weighted by Crippen LogP contribution is -2.27. The predicted octanol–water partition coefficient (Wildman–Crippen LogP) is 4.17. The summed E-state index contributed by atoms with van der Waals surface area (Å²) in [5.74, 6) is -0.186. The maximum atomic E-state index is 13.3. The number of hydrogen-bond donors (Lipinski definition) is 1. The lowest BCUT2D eigenvalue weighted by molar-refractivity contribution is 0.102. The van der Waals surface area contributed by atoms with Crippen LogP contribution in [0.4, 0.5) is 5.69 Å². The SMILES string of the molecule is CC(C)c1cc(C(=O)Nc2cccc(S(=O)(=O)N3CCCC3)c2)c2cnn(C(C)C)c2n1. The summed E-state index contributed by atoms with van der Waals surface area (Å²) in [5, 5.41) is 7.96. The molecule has 3 heterocycles. The van der Waals surface area contributed by atoms with Crippen molar-refractivity contribution in [1.82, 2.24) is 19.1 Å². The Morgan fingerprint density at radius 1 is 1.09 bits per heavy atom. The summed E-state index contributed by atoms with van der Waals surface area (Å²) in [7, 11) is -3.56. The van der Waals surface area contributed by atoms with E-state index in [4.69, 9.17) is 4.98 Å². The molecule has 0 bridgehead atoms. The highest BCUT2D eigenvalue weighted by atomic mass is 32.2. The number of benzene rings is 1. The van der Waals surface area contributed by atoms with Gasteiger partial charge in [0.1, 0.15) is 0 Å². The number of hydrogen-bond acceptors (Lipinski definition) is 5. The highest BCUT2D eigenvalue weighted by Gasteiger charge is 2.27. The largest absolute Gasteiger partial charge is 0.322 e. The number of fused-ring (bicyclic) bond motifs is 1. The monoisotopic (exact) mass is 455 g/mol. The van der Waals surface area contributed by atoms with Crippen LogP contribution in [0.15, 0.2) is 41.4 Å². The number of pyridine rings is 1. The highest BCUT2D eigenvalue weighted by molar-refractivity contribution is 7.89. The van der Waals surface area contributed by atoms with Crippen molar-refractivity contribution in [2.24, 2.45) is 0 Å². The van der Waals surface area contributed by atoms with Crippen molar-refractivity contribution in [3.63, 3.8) is 0 Å². The molecule has 170 valence electrons. The Morgan fingerprint density at radius 2 is 1.81 bits per heavy atom. The van der Waals surface area contributed by atoms with E-state index in [9.17, 15) is 13.2 Å². The van der Waals surface area contributed by atoms with Gasteiger partial charge in [-0.3, -0.25) is 4.79 Å². The number of carbonyl (C=O) groups is 1. The van der Waals surface area contributed by atoms with E-state index in [1.165, 1.54) is 10.4 Å². The second-order valence-electron chi connectivity index (χ2n) is 8.76. The fourth-order valence-electron chi connectivity index (χ4n) is 3.91. The van der Waals surface area contributed by atoms with Crippen LogP contribution in [0.25, 0.3) is 11.0 Å². The first-order chi connectivity index (χ1) is 15.2. The van der Waals surface area contributed by atoms with Crippen molar-refractivity contribution in [3.05, 3.63) is 47.8 Å². The van der Waals surface area contributed by atoms with Gasteiger partial charge in [-0.15, -0.1) is 0 Å². The molecule has 0 atom stereocenters. The van der Waals surface area contributed by atoms with Crippen LogP contribution in [0.5, 0.6) is 0 Å². The fourth-order valence-corrected chi connectivity index (χ4v) is 5.47. The van der Waals surface area contributed by atoms with Crippen LogP contribution >= 0.6 is 0 Å². The minimum Gasteiger partial charge on any atom is -0.322 e. The Kier molecular flexibility index (Phi) is 6.05. The van der Waals surface area contributed by atoms with Gasteiger partial charge in [-0.1, -0.05) is 19.9 Å². The molecule has 1 saturated heterocycles. The Morgan fingerprint density at radius 3 is 2.47 bits per heavy atom. The van der Waals surface area contributed by atoms with Gasteiger partial charge >= 0.3 is 0 Å². The summed E-state index contributed by atoms with van der Waals surface area (Å²) in [5.41, 5.74) is 2.37. The number of rotatable bonds is 6. The standard InChI is InChI=1S/C23H29N5O3S/c1-15(2)21-13-19(20-14-24-28(16(3)4)22(20)26-21)23(29)25-17-8-7-9-18(12-17)32(30,31)27-10-5-6-11-27/h7-9,12-16H,5-6,10-11H2,1-4H3,(H,25,29). The van der Waals surface area contributed by atoms with E-state index in [1.807, 2.05) is 27.7 Å². The molecule has 0 unspecified atom stereocenters. The molecule has 1 N–H and O–H groups in total. The molecule has 1 aliphatic heterocycles. The normalized spacial score (nSPS) is 15.2. The summed E-state index contributed by atoms with van der Waals surface area (Å²) >= 11 is 0. The van der Waals surface area contributed by atoms with Crippen LogP contribution in [-0.4, -0.2) is 46.5 Å². The lowest BCUT2D eigenvalue weighted by Gasteiger charge is -2.16. The predicted molar refractivity (Wildman–Crippen MR) is 124 cm³/mol. The first kappa shape index (κ1) is 22.4. The zero-order valence-electron chi connectivity index (χ0n) is 18.9. The Bertz CT molecular complexity index is 1260. The second kappa shape index (κ2) is 8.63. The van der Waals surface area contributed by atoms with Gasteiger partial charge in [0.05, 0.1) is 22.0 Å². The van der Waals surface area contributed by atoms with Gasteiger partial charge in [0.15, 0.2) is 5.65 Å². The lowest BCUT2D eigenvalue weighted by atomic mass is 10.0. The van der Waals surface area contributed by atoms with Gasteiger partial charge in [0.2, 0.25) is 10.0 Å². The summed E-state index contributed by atoms with van der Waals surface area (Å²) in [6.07, 6.45) is 3.40. The van der Waals surface area contributed by atoms with E-state index >= 15 is 0 Å². The quantitative estimate of drug-likeness (QED) is 0.602. The van der Waals surface area contributed by atoms with Crippen LogP contribution < -0.4 is 5.32 Å².